The first-order valence-corrected chi connectivity index (χ1v) is 12.0. The number of pyridine rings is 2. The van der Waals surface area contributed by atoms with E-state index in [1.165, 1.54) is 0 Å². The van der Waals surface area contributed by atoms with Gasteiger partial charge in [0.2, 0.25) is 11.9 Å². The zero-order valence-electron chi connectivity index (χ0n) is 19.6. The van der Waals surface area contributed by atoms with Crippen LogP contribution in [0.4, 0.5) is 17.5 Å². The largest absolute Gasteiger partial charge is 0.378 e. The highest BCUT2D eigenvalue weighted by Crippen LogP contribution is 2.30. The summed E-state index contributed by atoms with van der Waals surface area (Å²) in [6.07, 6.45) is 3.50. The van der Waals surface area contributed by atoms with E-state index in [9.17, 15) is 9.59 Å². The fraction of sp³-hybridized carbons (Fsp3) is 0.269. The minimum absolute atomic E-state index is 0.0336. The zero-order chi connectivity index (χ0) is 24.5. The second kappa shape index (κ2) is 9.38. The predicted molar refractivity (Wildman–Crippen MR) is 135 cm³/mol. The van der Waals surface area contributed by atoms with E-state index in [2.05, 4.69) is 30.6 Å². The maximum atomic E-state index is 12.8. The minimum atomic E-state index is -0.216. The molecule has 6 rings (SSSR count). The fourth-order valence-corrected chi connectivity index (χ4v) is 4.17. The highest BCUT2D eigenvalue weighted by atomic mass is 16.5. The average Bonchev–Trinajstić information content (AvgIpc) is 3.69. The third-order valence-electron chi connectivity index (χ3n) is 6.33. The number of amides is 2. The predicted octanol–water partition coefficient (Wildman–Crippen LogP) is 3.23. The molecule has 2 amide bonds. The van der Waals surface area contributed by atoms with Gasteiger partial charge in [-0.2, -0.15) is 4.98 Å². The van der Waals surface area contributed by atoms with Gasteiger partial charge >= 0.3 is 0 Å². The van der Waals surface area contributed by atoms with Gasteiger partial charge in [0.15, 0.2) is 5.65 Å². The van der Waals surface area contributed by atoms with Crippen molar-refractivity contribution in [1.29, 1.82) is 0 Å². The van der Waals surface area contributed by atoms with Crippen molar-refractivity contribution in [2.45, 2.75) is 12.8 Å². The summed E-state index contributed by atoms with van der Waals surface area (Å²) < 4.78 is 7.07. The number of benzene rings is 1. The SMILES string of the molecule is O=C(Nc1ccc(N2CCOCC2)nc1)c1ccc(-c2cccc3nc(NC(=O)C4CC4)nn23)cc1. The molecule has 2 fully saturated rings. The normalized spacial score (nSPS) is 15.6. The van der Waals surface area contributed by atoms with Crippen LogP contribution in [0.2, 0.25) is 0 Å². The molecule has 182 valence electrons. The summed E-state index contributed by atoms with van der Waals surface area (Å²) in [6.45, 7) is 3.01. The molecule has 0 atom stereocenters. The molecule has 4 aromatic rings. The second-order valence-corrected chi connectivity index (χ2v) is 8.92. The summed E-state index contributed by atoms with van der Waals surface area (Å²) >= 11 is 0. The van der Waals surface area contributed by atoms with Gasteiger partial charge in [-0.1, -0.05) is 18.2 Å². The first kappa shape index (κ1) is 22.2. The molecule has 10 heteroatoms. The molecule has 0 spiro atoms. The fourth-order valence-electron chi connectivity index (χ4n) is 4.17. The summed E-state index contributed by atoms with van der Waals surface area (Å²) in [4.78, 5) is 35.9. The molecule has 1 saturated carbocycles. The van der Waals surface area contributed by atoms with Crippen molar-refractivity contribution in [3.63, 3.8) is 0 Å². The standard InChI is InChI=1S/C26H25N7O3/c34-24(28-20-10-11-22(27-16-20)32-12-14-36-15-13-32)18-6-4-17(5-7-18)21-2-1-3-23-29-26(31-33(21)23)30-25(35)19-8-9-19/h1-7,10-11,16,19H,8-9,12-15H2,(H,28,34)(H,30,31,35). The van der Waals surface area contributed by atoms with Crippen molar-refractivity contribution in [2.24, 2.45) is 5.92 Å². The number of nitrogens with zero attached hydrogens (tertiary/aromatic N) is 5. The smallest absolute Gasteiger partial charge is 0.255 e. The maximum absolute atomic E-state index is 12.8. The molecule has 1 aliphatic heterocycles. The molecule has 36 heavy (non-hydrogen) atoms. The number of rotatable bonds is 6. The van der Waals surface area contributed by atoms with Gasteiger partial charge in [0, 0.05) is 30.1 Å². The first-order chi connectivity index (χ1) is 17.6. The van der Waals surface area contributed by atoms with Crippen LogP contribution >= 0.6 is 0 Å². The van der Waals surface area contributed by atoms with Crippen molar-refractivity contribution in [3.8, 4) is 11.3 Å². The van der Waals surface area contributed by atoms with Gasteiger partial charge in [-0.25, -0.2) is 9.50 Å². The number of fused-ring (bicyclic) bond motifs is 1. The first-order valence-electron chi connectivity index (χ1n) is 12.0. The van der Waals surface area contributed by atoms with Crippen LogP contribution in [0.25, 0.3) is 16.9 Å². The lowest BCUT2D eigenvalue weighted by molar-refractivity contribution is -0.117. The summed E-state index contributed by atoms with van der Waals surface area (Å²) in [5, 5.41) is 10.2. The quantitative estimate of drug-likeness (QED) is 0.433. The Labute approximate surface area is 207 Å². The molecule has 2 N–H and O–H groups in total. The minimum Gasteiger partial charge on any atom is -0.378 e. The lowest BCUT2D eigenvalue weighted by Gasteiger charge is -2.27. The molecule has 1 aromatic carbocycles. The average molecular weight is 484 g/mol. The van der Waals surface area contributed by atoms with E-state index in [0.29, 0.717) is 36.1 Å². The van der Waals surface area contributed by atoms with Crippen molar-refractivity contribution in [1.82, 2.24) is 19.6 Å². The topological polar surface area (TPSA) is 114 Å². The zero-order valence-corrected chi connectivity index (χ0v) is 19.6. The molecule has 4 heterocycles. The highest BCUT2D eigenvalue weighted by molar-refractivity contribution is 6.04. The Balaban J connectivity index is 1.15. The van der Waals surface area contributed by atoms with Gasteiger partial charge in [0.25, 0.3) is 5.91 Å². The van der Waals surface area contributed by atoms with Gasteiger partial charge in [-0.05, 0) is 49.2 Å². The van der Waals surface area contributed by atoms with Crippen LogP contribution in [0.5, 0.6) is 0 Å². The Kier molecular flexibility index (Phi) is 5.78. The van der Waals surface area contributed by atoms with Crippen LogP contribution in [-0.2, 0) is 9.53 Å². The Morgan fingerprint density at radius 2 is 1.75 bits per heavy atom. The van der Waals surface area contributed by atoms with Gasteiger partial charge in [0.1, 0.15) is 5.82 Å². The molecule has 1 saturated heterocycles. The number of morpholine rings is 1. The van der Waals surface area contributed by atoms with Gasteiger partial charge in [-0.15, -0.1) is 5.10 Å². The Bertz CT molecular complexity index is 1410. The Morgan fingerprint density at radius 3 is 2.47 bits per heavy atom. The van der Waals surface area contributed by atoms with Crippen LogP contribution in [0, 0.1) is 5.92 Å². The van der Waals surface area contributed by atoms with E-state index in [4.69, 9.17) is 4.74 Å². The summed E-state index contributed by atoms with van der Waals surface area (Å²) in [5.74, 6) is 0.996. The number of anilines is 3. The van der Waals surface area contributed by atoms with E-state index in [-0.39, 0.29) is 17.7 Å². The molecule has 1 aliphatic carbocycles. The van der Waals surface area contributed by atoms with Crippen molar-refractivity contribution in [3.05, 3.63) is 66.4 Å². The van der Waals surface area contributed by atoms with E-state index in [0.717, 1.165) is 43.0 Å². The molecule has 0 radical (unpaired) electrons. The molecule has 3 aromatic heterocycles. The number of carbonyl (C=O) groups excluding carboxylic acids is 2. The molecule has 0 bridgehead atoms. The Morgan fingerprint density at radius 1 is 0.944 bits per heavy atom. The number of ether oxygens (including phenoxy) is 1. The number of carbonyl (C=O) groups is 2. The van der Waals surface area contributed by atoms with Crippen LogP contribution in [0.1, 0.15) is 23.2 Å². The molecule has 10 nitrogen and oxygen atoms in total. The lowest BCUT2D eigenvalue weighted by Crippen LogP contribution is -2.36. The van der Waals surface area contributed by atoms with Crippen LogP contribution < -0.4 is 15.5 Å². The van der Waals surface area contributed by atoms with Gasteiger partial charge in [0.05, 0.1) is 30.8 Å². The molecule has 0 unspecified atom stereocenters. The summed E-state index contributed by atoms with van der Waals surface area (Å²) in [5.41, 5.74) is 3.47. The second-order valence-electron chi connectivity index (χ2n) is 8.92. The monoisotopic (exact) mass is 483 g/mol. The molecular weight excluding hydrogens is 458 g/mol. The molecular formula is C26H25N7O3. The Hall–Kier alpha value is -4.31. The third-order valence-corrected chi connectivity index (χ3v) is 6.33. The maximum Gasteiger partial charge on any atom is 0.255 e. The number of aromatic nitrogens is 4. The van der Waals surface area contributed by atoms with Crippen molar-refractivity contribution < 1.29 is 14.3 Å². The van der Waals surface area contributed by atoms with E-state index >= 15 is 0 Å². The van der Waals surface area contributed by atoms with Crippen molar-refractivity contribution >= 4 is 34.9 Å². The highest BCUT2D eigenvalue weighted by Gasteiger charge is 2.30. The molecule has 2 aliphatic rings. The number of hydrogen-bond acceptors (Lipinski definition) is 7. The summed E-state index contributed by atoms with van der Waals surface area (Å²) in [6, 6.07) is 16.7. The van der Waals surface area contributed by atoms with E-state index < -0.39 is 0 Å². The van der Waals surface area contributed by atoms with Crippen LogP contribution in [-0.4, -0.2) is 57.7 Å². The van der Waals surface area contributed by atoms with Crippen LogP contribution in [0.3, 0.4) is 0 Å². The van der Waals surface area contributed by atoms with Gasteiger partial charge in [-0.3, -0.25) is 14.9 Å². The van der Waals surface area contributed by atoms with E-state index in [1.54, 1.807) is 22.8 Å². The van der Waals surface area contributed by atoms with Crippen LogP contribution in [0.15, 0.2) is 60.8 Å². The van der Waals surface area contributed by atoms with Gasteiger partial charge < -0.3 is 15.0 Å². The summed E-state index contributed by atoms with van der Waals surface area (Å²) in [7, 11) is 0. The number of nitrogens with one attached hydrogen (secondary N) is 2. The van der Waals surface area contributed by atoms with E-state index in [1.807, 2.05) is 42.5 Å². The van der Waals surface area contributed by atoms with Crippen molar-refractivity contribution in [2.75, 3.05) is 41.8 Å². The lowest BCUT2D eigenvalue weighted by atomic mass is 10.1. The third kappa shape index (κ3) is 4.63. The number of hydrogen-bond donors (Lipinski definition) is 2.